The van der Waals surface area contributed by atoms with Gasteiger partial charge in [-0.3, -0.25) is 0 Å². The van der Waals surface area contributed by atoms with E-state index in [0.29, 0.717) is 17.7 Å². The first-order valence-electron chi connectivity index (χ1n) is 11.2. The van der Waals surface area contributed by atoms with Crippen LogP contribution in [0, 0.1) is 0 Å². The molecular formula is C29H28ClO4P. The fourth-order valence-corrected chi connectivity index (χ4v) is 10.7. The molecule has 0 aliphatic carbocycles. The van der Waals surface area contributed by atoms with Gasteiger partial charge in [-0.15, -0.1) is 0 Å². The summed E-state index contributed by atoms with van der Waals surface area (Å²) < 4.78 is 16.6. The molecule has 4 aromatic rings. The number of ether oxygens (including phenoxy) is 3. The van der Waals surface area contributed by atoms with Gasteiger partial charge in [-0.1, -0.05) is 0 Å². The molecule has 0 spiro atoms. The van der Waals surface area contributed by atoms with Gasteiger partial charge in [-0.2, -0.15) is 0 Å². The first-order chi connectivity index (χ1) is 16.9. The van der Waals surface area contributed by atoms with Gasteiger partial charge in [0, 0.05) is 0 Å². The molecule has 0 bridgehead atoms. The average molecular weight is 507 g/mol. The van der Waals surface area contributed by atoms with Crippen LogP contribution in [-0.4, -0.2) is 20.2 Å². The third kappa shape index (κ3) is 4.52. The Hall–Kier alpha value is -3.33. The molecule has 4 nitrogen and oxygen atoms in total. The molecule has 0 atom stereocenters. The number of benzene rings is 4. The van der Waals surface area contributed by atoms with E-state index in [1.807, 2.05) is 66.7 Å². The Morgan fingerprint density at radius 1 is 0.714 bits per heavy atom. The summed E-state index contributed by atoms with van der Waals surface area (Å²) in [6.45, 7) is 1.35. The second-order valence-electron chi connectivity index (χ2n) is 8.27. The topological polar surface area (TPSA) is 44.8 Å². The molecular weight excluding hydrogens is 479 g/mol. The van der Waals surface area contributed by atoms with E-state index in [-0.39, 0.29) is 5.75 Å². The number of carbonyl (C=O) groups excluding carboxylic acids is 1. The summed E-state index contributed by atoms with van der Waals surface area (Å²) in [6, 6.07) is 34.5. The molecule has 0 fully saturated rings. The second-order valence-corrected chi connectivity index (χ2v) is 14.7. The number of hydrogen-bond acceptors (Lipinski definition) is 4. The Kier molecular flexibility index (Phi) is 7.16. The minimum atomic E-state index is -3.55. The van der Waals surface area contributed by atoms with Crippen molar-refractivity contribution in [1.29, 1.82) is 0 Å². The van der Waals surface area contributed by atoms with Crippen LogP contribution in [-0.2, 0) is 11.0 Å². The maximum atomic E-state index is 11.7. The van der Waals surface area contributed by atoms with Gasteiger partial charge in [-0.25, -0.2) is 0 Å². The van der Waals surface area contributed by atoms with E-state index in [1.54, 1.807) is 0 Å². The van der Waals surface area contributed by atoms with Crippen LogP contribution in [0.15, 0.2) is 103 Å². The van der Waals surface area contributed by atoms with Crippen LogP contribution in [0.3, 0.4) is 0 Å². The Balaban J connectivity index is 2.04. The number of rotatable bonds is 8. The zero-order chi connectivity index (χ0) is 24.9. The zero-order valence-corrected chi connectivity index (χ0v) is 21.6. The summed E-state index contributed by atoms with van der Waals surface area (Å²) in [4.78, 5) is 11.7. The second kappa shape index (κ2) is 10.1. The van der Waals surface area contributed by atoms with Gasteiger partial charge in [-0.05, 0) is 0 Å². The number of esters is 1. The van der Waals surface area contributed by atoms with Gasteiger partial charge in [0.15, 0.2) is 0 Å². The molecule has 0 aliphatic heterocycles. The zero-order valence-electron chi connectivity index (χ0n) is 20.0. The summed E-state index contributed by atoms with van der Waals surface area (Å²) in [5.41, 5.74) is 0.902. The van der Waals surface area contributed by atoms with Crippen LogP contribution >= 0.6 is 17.2 Å². The number of methoxy groups -OCH3 is 2. The normalized spacial score (nSPS) is 12.3. The van der Waals surface area contributed by atoms with Crippen LogP contribution < -0.4 is 30.1 Å². The summed E-state index contributed by atoms with van der Waals surface area (Å²) in [5.74, 6) is -2.94. The molecule has 4 rings (SSSR count). The van der Waals surface area contributed by atoms with Gasteiger partial charge >= 0.3 is 211 Å². The Morgan fingerprint density at radius 3 is 1.40 bits per heavy atom. The molecule has 0 amide bonds. The van der Waals surface area contributed by atoms with Crippen molar-refractivity contribution in [3.63, 3.8) is 0 Å². The quantitative estimate of drug-likeness (QED) is 0.172. The van der Waals surface area contributed by atoms with Gasteiger partial charge in [0.05, 0.1) is 0 Å². The van der Waals surface area contributed by atoms with Gasteiger partial charge < -0.3 is 0 Å². The molecule has 0 saturated heterocycles. The molecule has 0 heterocycles. The fourth-order valence-electron chi connectivity index (χ4n) is 4.55. The standard InChI is InChI=1S/C29H28ClO4P/c1-22(31)34-29-27(32-2)19-23(20-28(29)33-3)21-35(30,24-13-7-4-8-14-24,25-15-9-5-10-16-25)26-17-11-6-12-18-26/h4-20H,21H2,1-3H3. The summed E-state index contributed by atoms with van der Waals surface area (Å²) in [7, 11) is 3.08. The number of halogens is 1. The predicted octanol–water partition coefficient (Wildman–Crippen LogP) is 5.81. The molecule has 180 valence electrons. The summed E-state index contributed by atoms with van der Waals surface area (Å²) in [6.07, 6.45) is 0.498. The van der Waals surface area contributed by atoms with Crippen LogP contribution in [0.2, 0.25) is 0 Å². The van der Waals surface area contributed by atoms with Crippen molar-refractivity contribution in [2.75, 3.05) is 14.2 Å². The fraction of sp³-hybridized carbons (Fsp3) is 0.138. The third-order valence-corrected chi connectivity index (χ3v) is 13.3. The van der Waals surface area contributed by atoms with Gasteiger partial charge in [0.25, 0.3) is 0 Å². The van der Waals surface area contributed by atoms with Crippen molar-refractivity contribution < 1.29 is 19.0 Å². The Bertz CT molecular complexity index is 1190. The molecule has 0 radical (unpaired) electrons. The van der Waals surface area contributed by atoms with E-state index in [1.165, 1.54) is 21.1 Å². The van der Waals surface area contributed by atoms with Crippen LogP contribution in [0.25, 0.3) is 0 Å². The van der Waals surface area contributed by atoms with Crippen molar-refractivity contribution in [1.82, 2.24) is 0 Å². The van der Waals surface area contributed by atoms with Crippen molar-refractivity contribution in [3.8, 4) is 17.2 Å². The predicted molar refractivity (Wildman–Crippen MR) is 146 cm³/mol. The van der Waals surface area contributed by atoms with E-state index >= 15 is 0 Å². The van der Waals surface area contributed by atoms with Crippen molar-refractivity contribution in [2.24, 2.45) is 0 Å². The molecule has 0 N–H and O–H groups in total. The van der Waals surface area contributed by atoms with Crippen LogP contribution in [0.1, 0.15) is 12.5 Å². The average Bonchev–Trinajstić information content (AvgIpc) is 2.90. The SMILES string of the molecule is COc1cc(CP(Cl)(c2ccccc2)(c2ccccc2)c2ccccc2)cc(OC)c1OC(C)=O. The van der Waals surface area contributed by atoms with Crippen molar-refractivity contribution >= 4 is 39.1 Å². The van der Waals surface area contributed by atoms with E-state index in [0.717, 1.165) is 21.5 Å². The maximum absolute atomic E-state index is 11.7. The van der Waals surface area contributed by atoms with E-state index in [2.05, 4.69) is 36.4 Å². The molecule has 4 aromatic carbocycles. The number of hydrogen-bond donors (Lipinski definition) is 0. The van der Waals surface area contributed by atoms with E-state index < -0.39 is 11.9 Å². The summed E-state index contributed by atoms with van der Waals surface area (Å²) >= 11 is 8.19. The minimum absolute atomic E-state index is 0.250. The Labute approximate surface area is 211 Å². The van der Waals surface area contributed by atoms with Crippen molar-refractivity contribution in [3.05, 3.63) is 109 Å². The first-order valence-corrected chi connectivity index (χ1v) is 14.6. The summed E-state index contributed by atoms with van der Waals surface area (Å²) in [5, 5.41) is 3.17. The van der Waals surface area contributed by atoms with Gasteiger partial charge in [0.2, 0.25) is 0 Å². The first kappa shape index (κ1) is 24.8. The Morgan fingerprint density at radius 2 is 1.09 bits per heavy atom. The van der Waals surface area contributed by atoms with E-state index in [4.69, 9.17) is 25.5 Å². The van der Waals surface area contributed by atoms with E-state index in [9.17, 15) is 4.79 Å². The molecule has 0 aliphatic rings. The molecule has 0 saturated carbocycles. The van der Waals surface area contributed by atoms with Crippen molar-refractivity contribution in [2.45, 2.75) is 13.1 Å². The number of carbonyl (C=O) groups is 1. The van der Waals surface area contributed by atoms with Gasteiger partial charge in [0.1, 0.15) is 0 Å². The molecule has 6 heteroatoms. The molecule has 0 unspecified atom stereocenters. The molecule has 0 aromatic heterocycles. The monoisotopic (exact) mass is 506 g/mol. The molecule has 35 heavy (non-hydrogen) atoms. The third-order valence-electron chi connectivity index (χ3n) is 6.13. The van der Waals surface area contributed by atoms with Crippen LogP contribution in [0.5, 0.6) is 17.2 Å². The van der Waals surface area contributed by atoms with Crippen LogP contribution in [0.4, 0.5) is 0 Å².